The van der Waals surface area contributed by atoms with E-state index in [1.165, 1.54) is 11.2 Å². The Morgan fingerprint density at radius 1 is 1.27 bits per heavy atom. The summed E-state index contributed by atoms with van der Waals surface area (Å²) in [6.45, 7) is 2.44. The summed E-state index contributed by atoms with van der Waals surface area (Å²) >= 11 is 0. The molecule has 0 N–H and O–H groups in total. The Hall–Kier alpha value is -3.49. The van der Waals surface area contributed by atoms with E-state index in [0.717, 1.165) is 11.0 Å². The van der Waals surface area contributed by atoms with Crippen LogP contribution in [0, 0.1) is 6.92 Å². The van der Waals surface area contributed by atoms with Crippen molar-refractivity contribution >= 4 is 16.9 Å². The number of benzene rings is 1. The van der Waals surface area contributed by atoms with Crippen LogP contribution in [0.4, 0.5) is 0 Å². The number of rotatable bonds is 5. The molecule has 4 rings (SSSR count). The molecule has 0 saturated carbocycles. The summed E-state index contributed by atoms with van der Waals surface area (Å²) in [6.07, 6.45) is 3.09. The van der Waals surface area contributed by atoms with Crippen molar-refractivity contribution in [3.8, 4) is 0 Å². The minimum absolute atomic E-state index is 0.237. The summed E-state index contributed by atoms with van der Waals surface area (Å²) in [6, 6.07) is 7.79. The van der Waals surface area contributed by atoms with Gasteiger partial charge in [-0.3, -0.25) is 4.79 Å². The fraction of sp³-hybridized carbons (Fsp3) is 0.235. The van der Waals surface area contributed by atoms with Gasteiger partial charge in [0.25, 0.3) is 5.91 Å². The number of carbonyl (C=O) groups is 1. The van der Waals surface area contributed by atoms with Crippen LogP contribution in [0.25, 0.3) is 11.0 Å². The summed E-state index contributed by atoms with van der Waals surface area (Å²) in [4.78, 5) is 22.6. The van der Waals surface area contributed by atoms with E-state index in [2.05, 4.69) is 24.9 Å². The highest BCUT2D eigenvalue weighted by Gasteiger charge is 2.19. The van der Waals surface area contributed by atoms with Gasteiger partial charge in [-0.1, -0.05) is 22.4 Å². The SMILES string of the molecule is Cc1nonc1CN(C)C(=O)c1coc(Cn2cnc3ccccc32)n1. The van der Waals surface area contributed by atoms with Crippen LogP contribution < -0.4 is 0 Å². The summed E-state index contributed by atoms with van der Waals surface area (Å²) < 4.78 is 12.0. The van der Waals surface area contributed by atoms with Crippen molar-refractivity contribution in [2.45, 2.75) is 20.0 Å². The minimum Gasteiger partial charge on any atom is -0.446 e. The number of hydrogen-bond donors (Lipinski definition) is 0. The van der Waals surface area contributed by atoms with E-state index in [0.29, 0.717) is 23.8 Å². The number of amides is 1. The van der Waals surface area contributed by atoms with Crippen LogP contribution in [0.15, 0.2) is 45.9 Å². The Kier molecular flexibility index (Phi) is 3.96. The molecule has 132 valence electrons. The van der Waals surface area contributed by atoms with E-state index in [9.17, 15) is 4.79 Å². The molecule has 0 aliphatic heterocycles. The van der Waals surface area contributed by atoms with E-state index < -0.39 is 0 Å². The predicted molar refractivity (Wildman–Crippen MR) is 90.2 cm³/mol. The lowest BCUT2D eigenvalue weighted by molar-refractivity contribution is 0.0776. The van der Waals surface area contributed by atoms with Gasteiger partial charge in [0.2, 0.25) is 5.89 Å². The van der Waals surface area contributed by atoms with Gasteiger partial charge in [-0.15, -0.1) is 0 Å². The Balaban J connectivity index is 1.48. The molecule has 9 nitrogen and oxygen atoms in total. The minimum atomic E-state index is -0.266. The molecule has 0 atom stereocenters. The maximum atomic E-state index is 12.5. The average molecular weight is 352 g/mol. The smallest absolute Gasteiger partial charge is 0.275 e. The van der Waals surface area contributed by atoms with Gasteiger partial charge in [-0.05, 0) is 19.1 Å². The Labute approximate surface area is 148 Å². The predicted octanol–water partition coefficient (Wildman–Crippen LogP) is 2.04. The van der Waals surface area contributed by atoms with Crippen molar-refractivity contribution in [1.29, 1.82) is 0 Å². The zero-order valence-electron chi connectivity index (χ0n) is 14.3. The van der Waals surface area contributed by atoms with Crippen LogP contribution in [0.1, 0.15) is 27.8 Å². The lowest BCUT2D eigenvalue weighted by Gasteiger charge is -2.13. The topological polar surface area (TPSA) is 103 Å². The van der Waals surface area contributed by atoms with Crippen molar-refractivity contribution in [1.82, 2.24) is 29.7 Å². The van der Waals surface area contributed by atoms with E-state index in [1.807, 2.05) is 28.8 Å². The maximum Gasteiger partial charge on any atom is 0.275 e. The van der Waals surface area contributed by atoms with Crippen molar-refractivity contribution < 1.29 is 13.8 Å². The quantitative estimate of drug-likeness (QED) is 0.541. The molecule has 0 fully saturated rings. The van der Waals surface area contributed by atoms with Gasteiger partial charge >= 0.3 is 0 Å². The number of imidazole rings is 1. The molecular formula is C17H16N6O3. The molecule has 0 aliphatic rings. The molecule has 1 aromatic carbocycles. The number of carbonyl (C=O) groups excluding carboxylic acids is 1. The molecule has 0 aliphatic carbocycles. The summed E-state index contributed by atoms with van der Waals surface area (Å²) in [5.41, 5.74) is 3.37. The lowest BCUT2D eigenvalue weighted by atomic mass is 10.3. The first-order valence-corrected chi connectivity index (χ1v) is 7.99. The van der Waals surface area contributed by atoms with Gasteiger partial charge in [0.05, 0.1) is 23.9 Å². The maximum absolute atomic E-state index is 12.5. The standard InChI is InChI=1S/C17H16N6O3/c1-11-13(21-26-20-11)7-22(2)17(24)14-9-25-16(19-14)8-23-10-18-12-5-3-4-6-15(12)23/h3-6,9-10H,7-8H2,1-2H3. The Morgan fingerprint density at radius 3 is 2.92 bits per heavy atom. The molecular weight excluding hydrogens is 336 g/mol. The van der Waals surface area contributed by atoms with Crippen LogP contribution in [-0.4, -0.2) is 42.7 Å². The van der Waals surface area contributed by atoms with Gasteiger partial charge in [-0.25, -0.2) is 14.6 Å². The Morgan fingerprint density at radius 2 is 2.12 bits per heavy atom. The molecule has 3 aromatic heterocycles. The van der Waals surface area contributed by atoms with Gasteiger partial charge in [-0.2, -0.15) is 0 Å². The molecule has 0 unspecified atom stereocenters. The summed E-state index contributed by atoms with van der Waals surface area (Å²) in [7, 11) is 1.66. The third-order valence-corrected chi connectivity index (χ3v) is 4.08. The molecule has 26 heavy (non-hydrogen) atoms. The largest absolute Gasteiger partial charge is 0.446 e. The van der Waals surface area contributed by atoms with Crippen molar-refractivity contribution in [2.75, 3.05) is 7.05 Å². The highest BCUT2D eigenvalue weighted by Crippen LogP contribution is 2.15. The molecule has 0 spiro atoms. The van der Waals surface area contributed by atoms with Crippen LogP contribution in [0.2, 0.25) is 0 Å². The second kappa shape index (κ2) is 6.43. The average Bonchev–Trinajstić information content (AvgIpc) is 3.37. The van der Waals surface area contributed by atoms with Crippen molar-refractivity contribution in [3.05, 3.63) is 59.8 Å². The zero-order valence-corrected chi connectivity index (χ0v) is 14.3. The first-order valence-electron chi connectivity index (χ1n) is 7.99. The first kappa shape index (κ1) is 16.0. The number of hydrogen-bond acceptors (Lipinski definition) is 7. The second-order valence-electron chi connectivity index (χ2n) is 5.95. The zero-order chi connectivity index (χ0) is 18.1. The fourth-order valence-electron chi connectivity index (χ4n) is 2.65. The van der Waals surface area contributed by atoms with Gasteiger partial charge < -0.3 is 13.9 Å². The van der Waals surface area contributed by atoms with Crippen LogP contribution >= 0.6 is 0 Å². The molecule has 0 saturated heterocycles. The number of aromatic nitrogens is 5. The van der Waals surface area contributed by atoms with E-state index in [1.54, 1.807) is 20.3 Å². The first-order chi connectivity index (χ1) is 12.6. The molecule has 4 aromatic rings. The van der Waals surface area contributed by atoms with Gasteiger partial charge in [0.15, 0.2) is 5.69 Å². The number of oxazole rings is 1. The van der Waals surface area contributed by atoms with Gasteiger partial charge in [0.1, 0.15) is 24.2 Å². The highest BCUT2D eigenvalue weighted by molar-refractivity contribution is 5.91. The summed E-state index contributed by atoms with van der Waals surface area (Å²) in [5, 5.41) is 7.49. The lowest BCUT2D eigenvalue weighted by Crippen LogP contribution is -2.27. The molecule has 0 radical (unpaired) electrons. The summed E-state index contributed by atoms with van der Waals surface area (Å²) in [5.74, 6) is 0.169. The fourth-order valence-corrected chi connectivity index (χ4v) is 2.65. The van der Waals surface area contributed by atoms with E-state index in [-0.39, 0.29) is 18.1 Å². The number of nitrogens with zero attached hydrogens (tertiary/aromatic N) is 6. The normalized spacial score (nSPS) is 11.2. The van der Waals surface area contributed by atoms with Crippen molar-refractivity contribution in [2.24, 2.45) is 0 Å². The number of aryl methyl sites for hydroxylation is 1. The van der Waals surface area contributed by atoms with E-state index in [4.69, 9.17) is 4.42 Å². The van der Waals surface area contributed by atoms with Crippen LogP contribution in [0.3, 0.4) is 0 Å². The highest BCUT2D eigenvalue weighted by atomic mass is 16.6. The molecule has 3 heterocycles. The van der Waals surface area contributed by atoms with Crippen molar-refractivity contribution in [3.63, 3.8) is 0 Å². The number of fused-ring (bicyclic) bond motifs is 1. The molecule has 0 bridgehead atoms. The van der Waals surface area contributed by atoms with E-state index >= 15 is 0 Å². The third kappa shape index (κ3) is 2.94. The second-order valence-corrected chi connectivity index (χ2v) is 5.95. The molecule has 1 amide bonds. The van der Waals surface area contributed by atoms with Crippen LogP contribution in [-0.2, 0) is 13.1 Å². The third-order valence-electron chi connectivity index (χ3n) is 4.08. The Bertz CT molecular complexity index is 1060. The van der Waals surface area contributed by atoms with Crippen LogP contribution in [0.5, 0.6) is 0 Å². The molecule has 9 heteroatoms. The monoisotopic (exact) mass is 352 g/mol. The number of para-hydroxylation sites is 2. The van der Waals surface area contributed by atoms with Gasteiger partial charge in [0, 0.05) is 7.05 Å².